The van der Waals surface area contributed by atoms with Crippen LogP contribution in [0.2, 0.25) is 0 Å². The topological polar surface area (TPSA) is 12.0 Å². The molecule has 1 nitrogen and oxygen atoms in total. The van der Waals surface area contributed by atoms with Gasteiger partial charge in [0.1, 0.15) is 0 Å². The summed E-state index contributed by atoms with van der Waals surface area (Å²) in [6, 6.07) is 21.8. The first-order valence-electron chi connectivity index (χ1n) is 8.69. The highest BCUT2D eigenvalue weighted by molar-refractivity contribution is 5.98. The van der Waals surface area contributed by atoms with E-state index in [0.717, 1.165) is 6.42 Å². The molecule has 1 heterocycles. The largest absolute Gasteiger partial charge is 0.355 e. The molecule has 1 unspecified atom stereocenters. The van der Waals surface area contributed by atoms with Crippen molar-refractivity contribution >= 4 is 22.1 Å². The molecule has 1 aliphatic heterocycles. The van der Waals surface area contributed by atoms with Gasteiger partial charge in [0.15, 0.2) is 0 Å². The Balaban J connectivity index is 0.000000487. The number of benzene rings is 3. The molecular formula is C23H27N. The predicted molar refractivity (Wildman–Crippen MR) is 108 cm³/mol. The molecule has 0 bridgehead atoms. The highest BCUT2D eigenvalue weighted by atomic mass is 14.9. The molecule has 124 valence electrons. The number of fused-ring (bicyclic) bond motifs is 4. The van der Waals surface area contributed by atoms with E-state index in [0.29, 0.717) is 5.92 Å². The maximum Gasteiger partial charge on any atom is 0.0499 e. The summed E-state index contributed by atoms with van der Waals surface area (Å²) in [6.45, 7) is 12.3. The Morgan fingerprint density at radius 3 is 2.33 bits per heavy atom. The Morgan fingerprint density at radius 1 is 0.875 bits per heavy atom. The van der Waals surface area contributed by atoms with Crippen LogP contribution in [0.5, 0.6) is 0 Å². The third-order valence-corrected chi connectivity index (χ3v) is 4.30. The summed E-state index contributed by atoms with van der Waals surface area (Å²) in [7, 11) is 0. The van der Waals surface area contributed by atoms with Gasteiger partial charge in [-0.1, -0.05) is 75.4 Å². The molecule has 1 atom stereocenters. The van der Waals surface area contributed by atoms with Crippen LogP contribution in [0.4, 0.5) is 11.4 Å². The molecule has 0 spiro atoms. The second-order valence-electron chi connectivity index (χ2n) is 5.64. The van der Waals surface area contributed by atoms with Crippen LogP contribution in [0.25, 0.3) is 10.8 Å². The molecule has 1 heteroatoms. The van der Waals surface area contributed by atoms with Crippen LogP contribution in [0.3, 0.4) is 0 Å². The fourth-order valence-corrected chi connectivity index (χ4v) is 3.23. The van der Waals surface area contributed by atoms with E-state index in [1.807, 2.05) is 13.8 Å². The third-order valence-electron chi connectivity index (χ3n) is 4.30. The lowest BCUT2D eigenvalue weighted by molar-refractivity contribution is 0.770. The minimum atomic E-state index is 0.533. The molecule has 0 saturated carbocycles. The van der Waals surface area contributed by atoms with Crippen molar-refractivity contribution in [2.75, 3.05) is 5.32 Å². The normalized spacial score (nSPS) is 14.5. The predicted octanol–water partition coefficient (Wildman–Crippen LogP) is 7.07. The van der Waals surface area contributed by atoms with Gasteiger partial charge in [-0.2, -0.15) is 0 Å². The van der Waals surface area contributed by atoms with Crippen LogP contribution < -0.4 is 5.32 Å². The number of hydrogen-bond acceptors (Lipinski definition) is 1. The Kier molecular flexibility index (Phi) is 6.20. The van der Waals surface area contributed by atoms with Gasteiger partial charge in [-0.05, 0) is 34.9 Å². The van der Waals surface area contributed by atoms with Gasteiger partial charge in [0.25, 0.3) is 0 Å². The lowest BCUT2D eigenvalue weighted by Gasteiger charge is -2.15. The molecule has 0 amide bonds. The highest BCUT2D eigenvalue weighted by Crippen LogP contribution is 2.40. The first kappa shape index (κ1) is 17.8. The quantitative estimate of drug-likeness (QED) is 0.437. The van der Waals surface area contributed by atoms with Crippen molar-refractivity contribution in [1.29, 1.82) is 0 Å². The fourth-order valence-electron chi connectivity index (χ4n) is 3.23. The van der Waals surface area contributed by atoms with Gasteiger partial charge in [-0.3, -0.25) is 0 Å². The monoisotopic (exact) mass is 317 g/mol. The number of para-hydroxylation sites is 1. The third kappa shape index (κ3) is 3.35. The molecule has 0 fully saturated rings. The van der Waals surface area contributed by atoms with Gasteiger partial charge in [0.2, 0.25) is 0 Å². The smallest absolute Gasteiger partial charge is 0.0499 e. The molecule has 3 aromatic carbocycles. The van der Waals surface area contributed by atoms with Crippen molar-refractivity contribution in [3.8, 4) is 0 Å². The van der Waals surface area contributed by atoms with E-state index in [2.05, 4.69) is 86.1 Å². The van der Waals surface area contributed by atoms with Crippen molar-refractivity contribution < 1.29 is 0 Å². The molecule has 1 N–H and O–H groups in total. The Hall–Kier alpha value is -2.54. The van der Waals surface area contributed by atoms with E-state index in [9.17, 15) is 0 Å². The lowest BCUT2D eigenvalue weighted by Crippen LogP contribution is -1.97. The first-order valence-corrected chi connectivity index (χ1v) is 8.69. The number of anilines is 2. The molecule has 0 aromatic heterocycles. The van der Waals surface area contributed by atoms with Crippen LogP contribution in [0.15, 0.2) is 73.8 Å². The first-order chi connectivity index (χ1) is 11.8. The maximum absolute atomic E-state index is 3.68. The van der Waals surface area contributed by atoms with E-state index >= 15 is 0 Å². The van der Waals surface area contributed by atoms with Crippen molar-refractivity contribution in [3.63, 3.8) is 0 Å². The SMILES string of the molecule is C=C.CC.CC1Cc2ccccc2Nc2c1ccc1ccccc21. The Labute approximate surface area is 146 Å². The molecule has 1 aliphatic rings. The molecule has 4 rings (SSSR count). The number of rotatable bonds is 0. The van der Waals surface area contributed by atoms with E-state index in [1.165, 1.54) is 33.3 Å². The minimum absolute atomic E-state index is 0.533. The molecule has 3 aromatic rings. The lowest BCUT2D eigenvalue weighted by atomic mass is 9.92. The van der Waals surface area contributed by atoms with Gasteiger partial charge >= 0.3 is 0 Å². The molecule has 0 radical (unpaired) electrons. The van der Waals surface area contributed by atoms with Gasteiger partial charge in [-0.25, -0.2) is 0 Å². The average molecular weight is 317 g/mol. The summed E-state index contributed by atoms with van der Waals surface area (Å²) in [5.41, 5.74) is 5.34. The van der Waals surface area contributed by atoms with Crippen molar-refractivity contribution in [1.82, 2.24) is 0 Å². The highest BCUT2D eigenvalue weighted by Gasteiger charge is 2.19. The summed E-state index contributed by atoms with van der Waals surface area (Å²) < 4.78 is 0. The fraction of sp³-hybridized carbons (Fsp3) is 0.217. The van der Waals surface area contributed by atoms with Crippen LogP contribution in [0, 0.1) is 0 Å². The van der Waals surface area contributed by atoms with E-state index in [1.54, 1.807) is 0 Å². The zero-order chi connectivity index (χ0) is 17.5. The Morgan fingerprint density at radius 2 is 1.54 bits per heavy atom. The van der Waals surface area contributed by atoms with E-state index in [4.69, 9.17) is 0 Å². The average Bonchev–Trinajstić information content (AvgIpc) is 2.81. The van der Waals surface area contributed by atoms with E-state index < -0.39 is 0 Å². The second-order valence-corrected chi connectivity index (χ2v) is 5.64. The molecule has 24 heavy (non-hydrogen) atoms. The summed E-state index contributed by atoms with van der Waals surface area (Å²) in [5.74, 6) is 0.533. The van der Waals surface area contributed by atoms with Gasteiger partial charge in [-0.15, -0.1) is 13.2 Å². The maximum atomic E-state index is 3.68. The Bertz CT molecular complexity index is 804. The van der Waals surface area contributed by atoms with Gasteiger partial charge in [0.05, 0.1) is 0 Å². The summed E-state index contributed by atoms with van der Waals surface area (Å²) >= 11 is 0. The van der Waals surface area contributed by atoms with Crippen molar-refractivity contribution in [2.24, 2.45) is 0 Å². The van der Waals surface area contributed by atoms with Crippen LogP contribution >= 0.6 is 0 Å². The summed E-state index contributed by atoms with van der Waals surface area (Å²) in [5, 5.41) is 6.29. The summed E-state index contributed by atoms with van der Waals surface area (Å²) in [4.78, 5) is 0. The van der Waals surface area contributed by atoms with Crippen molar-refractivity contribution in [3.05, 3.63) is 84.9 Å². The van der Waals surface area contributed by atoms with Gasteiger partial charge in [0, 0.05) is 16.8 Å². The van der Waals surface area contributed by atoms with Gasteiger partial charge < -0.3 is 5.32 Å². The van der Waals surface area contributed by atoms with E-state index in [-0.39, 0.29) is 0 Å². The molecular weight excluding hydrogens is 290 g/mol. The van der Waals surface area contributed by atoms with Crippen LogP contribution in [-0.2, 0) is 6.42 Å². The summed E-state index contributed by atoms with van der Waals surface area (Å²) in [6.07, 6.45) is 1.09. The van der Waals surface area contributed by atoms with Crippen molar-refractivity contribution in [2.45, 2.75) is 33.1 Å². The zero-order valence-corrected chi connectivity index (χ0v) is 15.0. The zero-order valence-electron chi connectivity index (χ0n) is 15.0. The standard InChI is InChI=1S/C19H17N.C2H6.C2H4/c1-13-12-15-7-3-5-9-18(15)20-19-16(13)11-10-14-6-2-4-8-17(14)19;2*1-2/h2-11,13,20H,12H2,1H3;1-2H3;1-2H2. The molecule has 0 aliphatic carbocycles. The van der Waals surface area contributed by atoms with Crippen LogP contribution in [-0.4, -0.2) is 0 Å². The molecule has 0 saturated heterocycles. The second kappa shape index (κ2) is 8.35. The number of hydrogen-bond donors (Lipinski definition) is 1. The van der Waals surface area contributed by atoms with Crippen LogP contribution in [0.1, 0.15) is 37.8 Å². The minimum Gasteiger partial charge on any atom is -0.355 e. The number of nitrogens with one attached hydrogen (secondary N) is 1.